The van der Waals surface area contributed by atoms with E-state index in [4.69, 9.17) is 10.3 Å². The third-order valence-corrected chi connectivity index (χ3v) is 4.91. The summed E-state index contributed by atoms with van der Waals surface area (Å²) in [6, 6.07) is 7.92. The monoisotopic (exact) mass is 323 g/mol. The summed E-state index contributed by atoms with van der Waals surface area (Å²) in [6.45, 7) is 4.08. The fraction of sp³-hybridized carbons (Fsp3) is 0.389. The molecule has 0 aromatic carbocycles. The lowest BCUT2D eigenvalue weighted by Gasteiger charge is -2.17. The topological polar surface area (TPSA) is 82.8 Å². The number of nitrogens with zero attached hydrogens (tertiary/aromatic N) is 4. The molecular weight excluding hydrogens is 302 g/mol. The van der Waals surface area contributed by atoms with Gasteiger partial charge in [-0.15, -0.1) is 0 Å². The molecular formula is C18H21N5O. The van der Waals surface area contributed by atoms with Gasteiger partial charge in [0.15, 0.2) is 5.82 Å². The largest absolute Gasteiger partial charge is 0.334 e. The van der Waals surface area contributed by atoms with Crippen molar-refractivity contribution < 1.29 is 4.52 Å². The molecule has 124 valence electrons. The molecule has 0 unspecified atom stereocenters. The predicted molar refractivity (Wildman–Crippen MR) is 90.7 cm³/mol. The van der Waals surface area contributed by atoms with Crippen LogP contribution in [0, 0.1) is 13.8 Å². The predicted octanol–water partition coefficient (Wildman–Crippen LogP) is 3.27. The molecule has 0 atom stereocenters. The van der Waals surface area contributed by atoms with Gasteiger partial charge in [-0.1, -0.05) is 24.1 Å². The van der Waals surface area contributed by atoms with Crippen molar-refractivity contribution in [2.24, 2.45) is 5.73 Å². The van der Waals surface area contributed by atoms with Crippen molar-refractivity contribution in [3.8, 4) is 17.3 Å². The van der Waals surface area contributed by atoms with Crippen LogP contribution in [0.3, 0.4) is 0 Å². The highest BCUT2D eigenvalue weighted by Gasteiger charge is 2.36. The van der Waals surface area contributed by atoms with Crippen LogP contribution in [0.15, 0.2) is 35.0 Å². The molecule has 2 N–H and O–H groups in total. The van der Waals surface area contributed by atoms with Gasteiger partial charge in [-0.25, -0.2) is 4.98 Å². The number of hydrogen-bond donors (Lipinski definition) is 1. The summed E-state index contributed by atoms with van der Waals surface area (Å²) in [4.78, 5) is 9.04. The zero-order valence-electron chi connectivity index (χ0n) is 14.0. The van der Waals surface area contributed by atoms with E-state index < -0.39 is 5.54 Å². The number of rotatable bonds is 3. The third kappa shape index (κ3) is 2.34. The van der Waals surface area contributed by atoms with Crippen LogP contribution in [-0.2, 0) is 5.54 Å². The van der Waals surface area contributed by atoms with Crippen molar-refractivity contribution in [1.82, 2.24) is 19.7 Å². The summed E-state index contributed by atoms with van der Waals surface area (Å²) >= 11 is 0. The van der Waals surface area contributed by atoms with E-state index in [2.05, 4.69) is 25.8 Å². The molecule has 1 fully saturated rings. The van der Waals surface area contributed by atoms with Gasteiger partial charge in [0.1, 0.15) is 5.82 Å². The van der Waals surface area contributed by atoms with E-state index >= 15 is 0 Å². The number of hydrogen-bond acceptors (Lipinski definition) is 5. The van der Waals surface area contributed by atoms with Gasteiger partial charge < -0.3 is 14.8 Å². The van der Waals surface area contributed by atoms with Gasteiger partial charge in [-0.05, 0) is 44.9 Å². The number of aryl methyl sites for hydroxylation is 1. The standard InChI is InChI=1S/C18H21N5O/c1-12-11-14(13(2)23(12)15-7-3-6-10-20-15)16-21-17(22-24-16)18(19)8-4-5-9-18/h3,6-7,10-11H,4-5,8-9,19H2,1-2H3. The maximum absolute atomic E-state index is 6.44. The molecule has 0 aliphatic heterocycles. The minimum Gasteiger partial charge on any atom is -0.334 e. The lowest BCUT2D eigenvalue weighted by Crippen LogP contribution is -2.34. The average Bonchev–Trinajstić information content (AvgIpc) is 3.28. The van der Waals surface area contributed by atoms with Crippen LogP contribution in [0.25, 0.3) is 17.3 Å². The first kappa shape index (κ1) is 15.1. The van der Waals surface area contributed by atoms with Crippen LogP contribution in [0.4, 0.5) is 0 Å². The molecule has 24 heavy (non-hydrogen) atoms. The molecule has 0 radical (unpaired) electrons. The second-order valence-corrected chi connectivity index (χ2v) is 6.59. The summed E-state index contributed by atoms with van der Waals surface area (Å²) in [5, 5.41) is 4.16. The van der Waals surface area contributed by atoms with Crippen LogP contribution >= 0.6 is 0 Å². The number of pyridine rings is 1. The van der Waals surface area contributed by atoms with Gasteiger partial charge in [0.25, 0.3) is 5.89 Å². The van der Waals surface area contributed by atoms with Crippen LogP contribution in [0.2, 0.25) is 0 Å². The Balaban J connectivity index is 1.75. The minimum atomic E-state index is -0.436. The zero-order chi connectivity index (χ0) is 16.7. The van der Waals surface area contributed by atoms with E-state index in [0.29, 0.717) is 11.7 Å². The molecule has 3 heterocycles. The van der Waals surface area contributed by atoms with Gasteiger partial charge in [0.05, 0.1) is 11.1 Å². The highest BCUT2D eigenvalue weighted by Crippen LogP contribution is 2.36. The summed E-state index contributed by atoms with van der Waals surface area (Å²) in [5.41, 5.74) is 9.03. The molecule has 1 aliphatic rings. The number of aromatic nitrogens is 4. The lowest BCUT2D eigenvalue weighted by molar-refractivity contribution is 0.372. The molecule has 0 bridgehead atoms. The third-order valence-electron chi connectivity index (χ3n) is 4.91. The molecule has 0 amide bonds. The second-order valence-electron chi connectivity index (χ2n) is 6.59. The molecule has 3 aromatic rings. The Morgan fingerprint density at radius 3 is 2.71 bits per heavy atom. The second kappa shape index (κ2) is 5.56. The fourth-order valence-electron chi connectivity index (χ4n) is 3.58. The normalized spacial score (nSPS) is 16.6. The molecule has 4 rings (SSSR count). The highest BCUT2D eigenvalue weighted by molar-refractivity contribution is 5.60. The van der Waals surface area contributed by atoms with E-state index in [0.717, 1.165) is 48.5 Å². The molecule has 3 aromatic heterocycles. The molecule has 6 heteroatoms. The first-order valence-electron chi connectivity index (χ1n) is 8.32. The SMILES string of the molecule is Cc1cc(-c2nc(C3(N)CCCC3)no2)c(C)n1-c1ccccn1. The molecule has 6 nitrogen and oxygen atoms in total. The fourth-order valence-corrected chi connectivity index (χ4v) is 3.58. The van der Waals surface area contributed by atoms with Crippen molar-refractivity contribution in [3.63, 3.8) is 0 Å². The Bertz CT molecular complexity index is 859. The van der Waals surface area contributed by atoms with E-state index in [1.165, 1.54) is 0 Å². The van der Waals surface area contributed by atoms with E-state index in [1.807, 2.05) is 32.0 Å². The van der Waals surface area contributed by atoms with Gasteiger partial charge in [-0.2, -0.15) is 4.98 Å². The van der Waals surface area contributed by atoms with Gasteiger partial charge >= 0.3 is 0 Å². The summed E-state index contributed by atoms with van der Waals surface area (Å²) in [7, 11) is 0. The van der Waals surface area contributed by atoms with E-state index in [1.54, 1.807) is 6.20 Å². The smallest absolute Gasteiger partial charge is 0.259 e. The molecule has 1 saturated carbocycles. The van der Waals surface area contributed by atoms with Crippen molar-refractivity contribution >= 4 is 0 Å². The number of nitrogens with two attached hydrogens (primary N) is 1. The Hall–Kier alpha value is -2.47. The van der Waals surface area contributed by atoms with Gasteiger partial charge in [-0.3, -0.25) is 0 Å². The molecule has 0 saturated heterocycles. The van der Waals surface area contributed by atoms with Crippen LogP contribution in [0.5, 0.6) is 0 Å². The van der Waals surface area contributed by atoms with Crippen molar-refractivity contribution in [1.29, 1.82) is 0 Å². The maximum atomic E-state index is 6.44. The first-order chi connectivity index (χ1) is 11.6. The maximum Gasteiger partial charge on any atom is 0.259 e. The summed E-state index contributed by atoms with van der Waals surface area (Å²) in [6.07, 6.45) is 5.86. The highest BCUT2D eigenvalue weighted by atomic mass is 16.5. The molecule has 0 spiro atoms. The summed E-state index contributed by atoms with van der Waals surface area (Å²) in [5.74, 6) is 2.03. The Morgan fingerprint density at radius 1 is 1.21 bits per heavy atom. The zero-order valence-corrected chi connectivity index (χ0v) is 14.0. The summed E-state index contributed by atoms with van der Waals surface area (Å²) < 4.78 is 7.63. The van der Waals surface area contributed by atoms with Gasteiger partial charge in [0, 0.05) is 17.6 Å². The molecule has 1 aliphatic carbocycles. The quantitative estimate of drug-likeness (QED) is 0.800. The van der Waals surface area contributed by atoms with Crippen LogP contribution in [0.1, 0.15) is 42.9 Å². The van der Waals surface area contributed by atoms with Gasteiger partial charge in [0.2, 0.25) is 0 Å². The average molecular weight is 323 g/mol. The first-order valence-corrected chi connectivity index (χ1v) is 8.32. The van der Waals surface area contributed by atoms with E-state index in [9.17, 15) is 0 Å². The Labute approximate surface area is 140 Å². The van der Waals surface area contributed by atoms with Crippen LogP contribution < -0.4 is 5.73 Å². The Kier molecular flexibility index (Phi) is 3.49. The Morgan fingerprint density at radius 2 is 2.00 bits per heavy atom. The van der Waals surface area contributed by atoms with Crippen LogP contribution in [-0.4, -0.2) is 19.7 Å². The minimum absolute atomic E-state index is 0.436. The van der Waals surface area contributed by atoms with Crippen molar-refractivity contribution in [2.45, 2.75) is 45.1 Å². The van der Waals surface area contributed by atoms with Crippen molar-refractivity contribution in [3.05, 3.63) is 47.7 Å². The lowest BCUT2D eigenvalue weighted by atomic mass is 9.99. The van der Waals surface area contributed by atoms with Crippen molar-refractivity contribution in [2.75, 3.05) is 0 Å². The van der Waals surface area contributed by atoms with E-state index in [-0.39, 0.29) is 0 Å².